The molecule has 1 aromatic rings. The first-order valence-electron chi connectivity index (χ1n) is 10.3. The highest BCUT2D eigenvalue weighted by molar-refractivity contribution is 5.83. The van der Waals surface area contributed by atoms with Gasteiger partial charge in [0.2, 0.25) is 5.91 Å². The van der Waals surface area contributed by atoms with Crippen LogP contribution in [0.1, 0.15) is 63.2 Å². The van der Waals surface area contributed by atoms with Gasteiger partial charge >= 0.3 is 11.7 Å². The SMILES string of the molecule is CCOC(=O)CNC(=O)CN1CCC(c2nn(C)c(=O)n2C2CCCC2)CC1. The van der Waals surface area contributed by atoms with Gasteiger partial charge in [0.25, 0.3) is 0 Å². The smallest absolute Gasteiger partial charge is 0.345 e. The number of nitrogens with zero attached hydrogens (tertiary/aromatic N) is 4. The highest BCUT2D eigenvalue weighted by Gasteiger charge is 2.30. The molecule has 1 saturated carbocycles. The summed E-state index contributed by atoms with van der Waals surface area (Å²) in [6.07, 6.45) is 6.19. The number of nitrogens with one attached hydrogen (secondary N) is 1. The van der Waals surface area contributed by atoms with Gasteiger partial charge in [-0.15, -0.1) is 0 Å². The van der Waals surface area contributed by atoms with Crippen LogP contribution >= 0.6 is 0 Å². The van der Waals surface area contributed by atoms with E-state index in [-0.39, 0.29) is 36.6 Å². The molecular formula is C19H31N5O4. The Balaban J connectivity index is 1.53. The fourth-order valence-electron chi connectivity index (χ4n) is 4.27. The molecule has 2 fully saturated rings. The number of rotatable bonds is 7. The van der Waals surface area contributed by atoms with Crippen molar-refractivity contribution in [2.45, 2.75) is 57.4 Å². The number of esters is 1. The number of piperidine rings is 1. The molecule has 1 aliphatic heterocycles. The van der Waals surface area contributed by atoms with E-state index in [4.69, 9.17) is 4.74 Å². The van der Waals surface area contributed by atoms with E-state index < -0.39 is 5.97 Å². The van der Waals surface area contributed by atoms with Crippen molar-refractivity contribution in [2.24, 2.45) is 7.05 Å². The van der Waals surface area contributed by atoms with Crippen molar-refractivity contribution in [3.8, 4) is 0 Å². The van der Waals surface area contributed by atoms with Crippen molar-refractivity contribution in [2.75, 3.05) is 32.8 Å². The van der Waals surface area contributed by atoms with Crippen molar-refractivity contribution >= 4 is 11.9 Å². The van der Waals surface area contributed by atoms with Crippen molar-refractivity contribution in [3.63, 3.8) is 0 Å². The minimum absolute atomic E-state index is 0.0114. The molecule has 1 saturated heterocycles. The molecule has 0 unspecified atom stereocenters. The molecule has 0 radical (unpaired) electrons. The van der Waals surface area contributed by atoms with E-state index in [0.29, 0.717) is 6.61 Å². The third kappa shape index (κ3) is 4.81. The van der Waals surface area contributed by atoms with Crippen LogP contribution in [0.15, 0.2) is 4.79 Å². The number of hydrogen-bond acceptors (Lipinski definition) is 6. The number of carbonyl (C=O) groups is 2. The minimum atomic E-state index is -0.422. The van der Waals surface area contributed by atoms with Gasteiger partial charge in [-0.1, -0.05) is 12.8 Å². The number of aryl methyl sites for hydroxylation is 1. The second kappa shape index (κ2) is 9.36. The van der Waals surface area contributed by atoms with Gasteiger partial charge in [-0.25, -0.2) is 9.48 Å². The molecule has 1 aromatic heterocycles. The van der Waals surface area contributed by atoms with Gasteiger partial charge in [-0.05, 0) is 45.7 Å². The van der Waals surface area contributed by atoms with Crippen molar-refractivity contribution in [1.82, 2.24) is 24.6 Å². The van der Waals surface area contributed by atoms with Crippen molar-refractivity contribution in [1.29, 1.82) is 0 Å². The topological polar surface area (TPSA) is 98.5 Å². The molecule has 2 aliphatic rings. The monoisotopic (exact) mass is 393 g/mol. The third-order valence-electron chi connectivity index (χ3n) is 5.73. The first-order valence-corrected chi connectivity index (χ1v) is 10.3. The van der Waals surface area contributed by atoms with Crippen LogP contribution in [0.4, 0.5) is 0 Å². The van der Waals surface area contributed by atoms with Crippen LogP contribution in [0.3, 0.4) is 0 Å². The summed E-state index contributed by atoms with van der Waals surface area (Å²) in [5.74, 6) is 0.556. The van der Waals surface area contributed by atoms with Gasteiger partial charge < -0.3 is 10.1 Å². The summed E-state index contributed by atoms with van der Waals surface area (Å²) < 4.78 is 8.20. The van der Waals surface area contributed by atoms with E-state index in [2.05, 4.69) is 15.3 Å². The standard InChI is InChI=1S/C19H31N5O4/c1-3-28-17(26)12-20-16(25)13-23-10-8-14(9-11-23)18-21-22(2)19(27)24(18)15-6-4-5-7-15/h14-15H,3-13H2,1-2H3,(H,20,25). The van der Waals surface area contributed by atoms with Crippen molar-refractivity contribution in [3.05, 3.63) is 16.3 Å². The second-order valence-electron chi connectivity index (χ2n) is 7.70. The Morgan fingerprint density at radius 1 is 1.18 bits per heavy atom. The number of likely N-dealkylation sites (tertiary alicyclic amines) is 1. The summed E-state index contributed by atoms with van der Waals surface area (Å²) in [6.45, 7) is 3.76. The van der Waals surface area contributed by atoms with Gasteiger partial charge in [0, 0.05) is 19.0 Å². The summed E-state index contributed by atoms with van der Waals surface area (Å²) >= 11 is 0. The van der Waals surface area contributed by atoms with Gasteiger partial charge in [0.1, 0.15) is 12.4 Å². The molecule has 0 aromatic carbocycles. The van der Waals surface area contributed by atoms with Crippen LogP contribution in [0, 0.1) is 0 Å². The van der Waals surface area contributed by atoms with Crippen LogP contribution in [0.25, 0.3) is 0 Å². The van der Waals surface area contributed by atoms with Crippen molar-refractivity contribution < 1.29 is 14.3 Å². The van der Waals surface area contributed by atoms with Gasteiger partial charge in [-0.2, -0.15) is 5.10 Å². The third-order valence-corrected chi connectivity index (χ3v) is 5.73. The van der Waals surface area contributed by atoms with E-state index >= 15 is 0 Å². The molecule has 9 nitrogen and oxygen atoms in total. The van der Waals surface area contributed by atoms with Gasteiger partial charge in [0.05, 0.1) is 13.2 Å². The Hall–Kier alpha value is -2.16. The molecule has 0 bridgehead atoms. The molecule has 156 valence electrons. The number of amides is 1. The number of carbonyl (C=O) groups excluding carboxylic acids is 2. The molecule has 1 aliphatic carbocycles. The zero-order valence-electron chi connectivity index (χ0n) is 16.9. The lowest BCUT2D eigenvalue weighted by molar-refractivity contribution is -0.143. The lowest BCUT2D eigenvalue weighted by atomic mass is 9.95. The highest BCUT2D eigenvalue weighted by Crippen LogP contribution is 2.33. The maximum atomic E-state index is 12.6. The largest absolute Gasteiger partial charge is 0.465 e. The fourth-order valence-corrected chi connectivity index (χ4v) is 4.27. The molecule has 2 heterocycles. The van der Waals surface area contributed by atoms with Crippen LogP contribution in [-0.4, -0.2) is 63.9 Å². The Labute approximate surface area is 165 Å². The van der Waals surface area contributed by atoms with E-state index in [1.54, 1.807) is 14.0 Å². The van der Waals surface area contributed by atoms with Gasteiger partial charge in [-0.3, -0.25) is 19.1 Å². The zero-order chi connectivity index (χ0) is 20.1. The maximum Gasteiger partial charge on any atom is 0.345 e. The van der Waals surface area contributed by atoms with Crippen LogP contribution < -0.4 is 11.0 Å². The molecule has 1 N–H and O–H groups in total. The summed E-state index contributed by atoms with van der Waals surface area (Å²) in [4.78, 5) is 38.0. The Morgan fingerprint density at radius 3 is 2.50 bits per heavy atom. The lowest BCUT2D eigenvalue weighted by Gasteiger charge is -2.31. The molecule has 28 heavy (non-hydrogen) atoms. The minimum Gasteiger partial charge on any atom is -0.465 e. The Morgan fingerprint density at radius 2 is 1.86 bits per heavy atom. The molecule has 9 heteroatoms. The maximum absolute atomic E-state index is 12.6. The predicted octanol–water partition coefficient (Wildman–Crippen LogP) is 0.556. The van der Waals surface area contributed by atoms with E-state index in [1.807, 2.05) is 4.57 Å². The average molecular weight is 393 g/mol. The Kier molecular flexibility index (Phi) is 6.88. The number of hydrogen-bond donors (Lipinski definition) is 1. The van der Waals surface area contributed by atoms with Crippen LogP contribution in [0.5, 0.6) is 0 Å². The summed E-state index contributed by atoms with van der Waals surface area (Å²) in [6, 6.07) is 0.280. The lowest BCUT2D eigenvalue weighted by Crippen LogP contribution is -2.43. The van der Waals surface area contributed by atoms with E-state index in [0.717, 1.165) is 44.6 Å². The molecule has 0 spiro atoms. The number of ether oxygens (including phenoxy) is 1. The quantitative estimate of drug-likeness (QED) is 0.680. The van der Waals surface area contributed by atoms with Gasteiger partial charge in [0.15, 0.2) is 0 Å². The average Bonchev–Trinajstić information content (AvgIpc) is 3.30. The van der Waals surface area contributed by atoms with E-state index in [9.17, 15) is 14.4 Å². The summed E-state index contributed by atoms with van der Waals surface area (Å²) in [7, 11) is 1.72. The van der Waals surface area contributed by atoms with Crippen LogP contribution in [-0.2, 0) is 21.4 Å². The Bertz CT molecular complexity index is 742. The summed E-state index contributed by atoms with van der Waals surface area (Å²) in [5.41, 5.74) is -0.0114. The molecule has 3 rings (SSSR count). The molecular weight excluding hydrogens is 362 g/mol. The van der Waals surface area contributed by atoms with E-state index in [1.165, 1.54) is 17.5 Å². The molecule has 0 atom stereocenters. The first-order chi connectivity index (χ1) is 13.5. The predicted molar refractivity (Wildman–Crippen MR) is 103 cm³/mol. The highest BCUT2D eigenvalue weighted by atomic mass is 16.5. The zero-order valence-corrected chi connectivity index (χ0v) is 16.9. The normalized spacial score (nSPS) is 19.1. The number of aromatic nitrogens is 3. The first kappa shape index (κ1) is 20.6. The summed E-state index contributed by atoms with van der Waals surface area (Å²) in [5, 5.41) is 7.15. The fraction of sp³-hybridized carbons (Fsp3) is 0.789. The molecule has 1 amide bonds. The second-order valence-corrected chi connectivity index (χ2v) is 7.70. The van der Waals surface area contributed by atoms with Crippen LogP contribution in [0.2, 0.25) is 0 Å².